The van der Waals surface area contributed by atoms with Gasteiger partial charge in [-0.15, -0.1) is 11.8 Å². The fourth-order valence-electron chi connectivity index (χ4n) is 1.000. The van der Waals surface area contributed by atoms with Crippen LogP contribution in [0.3, 0.4) is 0 Å². The Morgan fingerprint density at radius 2 is 2.13 bits per heavy atom. The van der Waals surface area contributed by atoms with Crippen molar-refractivity contribution in [3.63, 3.8) is 0 Å². The Labute approximate surface area is 94.3 Å². The van der Waals surface area contributed by atoms with Crippen molar-refractivity contribution < 1.29 is 5.11 Å². The van der Waals surface area contributed by atoms with Crippen molar-refractivity contribution in [3.05, 3.63) is 11.9 Å². The fraction of sp³-hybridized carbons (Fsp3) is 0.600. The Kier molecular flexibility index (Phi) is 4.35. The highest BCUT2D eigenvalue weighted by Gasteiger charge is 2.12. The quantitative estimate of drug-likeness (QED) is 0.602. The maximum Gasteiger partial charge on any atom is 0.131 e. The number of nitrogens with zero attached hydrogens (tertiary/aromatic N) is 2. The van der Waals surface area contributed by atoms with E-state index in [0.29, 0.717) is 5.82 Å². The van der Waals surface area contributed by atoms with Gasteiger partial charge in [0.1, 0.15) is 16.7 Å². The molecule has 1 heterocycles. The van der Waals surface area contributed by atoms with E-state index in [-0.39, 0.29) is 11.4 Å². The number of thioether (sulfide) groups is 1. The zero-order valence-corrected chi connectivity index (χ0v) is 10.1. The lowest BCUT2D eigenvalue weighted by Gasteiger charge is -2.13. The number of rotatable bonds is 4. The second-order valence-corrected chi connectivity index (χ2v) is 4.86. The van der Waals surface area contributed by atoms with Crippen LogP contribution in [0.5, 0.6) is 0 Å². The topological polar surface area (TPSA) is 72.0 Å². The average Bonchev–Trinajstić information content (AvgIpc) is 2.16. The number of anilines is 1. The van der Waals surface area contributed by atoms with Gasteiger partial charge < -0.3 is 10.8 Å². The summed E-state index contributed by atoms with van der Waals surface area (Å²) in [7, 11) is 0. The first-order valence-electron chi connectivity index (χ1n) is 5.01. The summed E-state index contributed by atoms with van der Waals surface area (Å²) in [6.07, 6.45) is 0.401. The molecule has 84 valence electrons. The highest BCUT2D eigenvalue weighted by Crippen LogP contribution is 2.24. The van der Waals surface area contributed by atoms with Crippen LogP contribution < -0.4 is 5.73 Å². The minimum absolute atomic E-state index is 0.101. The van der Waals surface area contributed by atoms with Crippen LogP contribution in [-0.2, 0) is 6.42 Å². The summed E-state index contributed by atoms with van der Waals surface area (Å²) in [5.41, 5.74) is 5.66. The molecule has 0 aliphatic heterocycles. The maximum atomic E-state index is 9.38. The summed E-state index contributed by atoms with van der Waals surface area (Å²) in [5, 5.41) is 10.3. The molecule has 0 saturated heterocycles. The molecule has 0 fully saturated rings. The molecule has 0 aliphatic rings. The van der Waals surface area contributed by atoms with Gasteiger partial charge in [0.2, 0.25) is 0 Å². The van der Waals surface area contributed by atoms with Crippen LogP contribution in [0.2, 0.25) is 0 Å². The van der Waals surface area contributed by atoms with Gasteiger partial charge in [-0.05, 0) is 6.92 Å². The zero-order chi connectivity index (χ0) is 11.4. The smallest absolute Gasteiger partial charge is 0.131 e. The first-order valence-corrected chi connectivity index (χ1v) is 5.89. The standard InChI is InChI=1S/C10H17N3OS/c1-4-9-12-8(11)5-10(13-9)15-7(3)6(2)14/h5-7,14H,4H2,1-3H3,(H2,11,12,13). The van der Waals surface area contributed by atoms with Crippen LogP contribution >= 0.6 is 11.8 Å². The third-order valence-corrected chi connectivity index (χ3v) is 3.29. The van der Waals surface area contributed by atoms with Gasteiger partial charge in [-0.3, -0.25) is 0 Å². The van der Waals surface area contributed by atoms with Crippen LogP contribution in [-0.4, -0.2) is 26.4 Å². The van der Waals surface area contributed by atoms with E-state index in [1.165, 1.54) is 11.8 Å². The maximum absolute atomic E-state index is 9.38. The summed E-state index contributed by atoms with van der Waals surface area (Å²) < 4.78 is 0. The van der Waals surface area contributed by atoms with Gasteiger partial charge in [0.15, 0.2) is 0 Å². The molecule has 0 bridgehead atoms. The van der Waals surface area contributed by atoms with E-state index in [2.05, 4.69) is 9.97 Å². The summed E-state index contributed by atoms with van der Waals surface area (Å²) >= 11 is 1.51. The molecule has 0 spiro atoms. The van der Waals surface area contributed by atoms with Gasteiger partial charge in [-0.2, -0.15) is 0 Å². The van der Waals surface area contributed by atoms with Crippen molar-refractivity contribution in [1.29, 1.82) is 0 Å². The van der Waals surface area contributed by atoms with E-state index < -0.39 is 0 Å². The molecule has 0 aliphatic carbocycles. The molecule has 1 aromatic rings. The number of aromatic nitrogens is 2. The lowest BCUT2D eigenvalue weighted by molar-refractivity contribution is 0.196. The Hall–Kier alpha value is -0.810. The highest BCUT2D eigenvalue weighted by atomic mass is 32.2. The lowest BCUT2D eigenvalue weighted by Crippen LogP contribution is -2.15. The summed E-state index contributed by atoms with van der Waals surface area (Å²) in [4.78, 5) is 8.43. The van der Waals surface area contributed by atoms with Crippen LogP contribution in [0.4, 0.5) is 5.82 Å². The predicted octanol–water partition coefficient (Wildman–Crippen LogP) is 1.48. The number of aliphatic hydroxyl groups is 1. The van der Waals surface area contributed by atoms with Crippen molar-refractivity contribution in [2.45, 2.75) is 43.6 Å². The van der Waals surface area contributed by atoms with Crippen LogP contribution in [0.25, 0.3) is 0 Å². The molecule has 3 N–H and O–H groups in total. The van der Waals surface area contributed by atoms with Crippen LogP contribution in [0.1, 0.15) is 26.6 Å². The molecular formula is C10H17N3OS. The van der Waals surface area contributed by atoms with Gasteiger partial charge in [0.25, 0.3) is 0 Å². The minimum Gasteiger partial charge on any atom is -0.392 e. The summed E-state index contributed by atoms with van der Waals surface area (Å²) in [6.45, 7) is 5.71. The molecule has 2 atom stereocenters. The molecule has 0 radical (unpaired) electrons. The first-order chi connectivity index (χ1) is 7.02. The molecule has 4 nitrogen and oxygen atoms in total. The van der Waals surface area contributed by atoms with Crippen molar-refractivity contribution in [1.82, 2.24) is 9.97 Å². The number of nitrogen functional groups attached to an aromatic ring is 1. The van der Waals surface area contributed by atoms with Crippen LogP contribution in [0.15, 0.2) is 11.1 Å². The van der Waals surface area contributed by atoms with Gasteiger partial charge in [0.05, 0.1) is 6.10 Å². The van der Waals surface area contributed by atoms with E-state index in [1.807, 2.05) is 13.8 Å². The van der Waals surface area contributed by atoms with Crippen molar-refractivity contribution >= 4 is 17.6 Å². The lowest BCUT2D eigenvalue weighted by atomic mass is 10.3. The van der Waals surface area contributed by atoms with E-state index in [1.54, 1.807) is 13.0 Å². The van der Waals surface area contributed by atoms with E-state index in [4.69, 9.17) is 5.73 Å². The molecule has 15 heavy (non-hydrogen) atoms. The molecule has 5 heteroatoms. The molecule has 2 unspecified atom stereocenters. The fourth-order valence-corrected chi connectivity index (χ4v) is 1.92. The molecule has 0 saturated carbocycles. The van der Waals surface area contributed by atoms with Gasteiger partial charge in [-0.25, -0.2) is 9.97 Å². The summed E-state index contributed by atoms with van der Waals surface area (Å²) in [5.74, 6) is 1.23. The third-order valence-electron chi connectivity index (χ3n) is 2.07. The van der Waals surface area contributed by atoms with Crippen LogP contribution in [0, 0.1) is 0 Å². The zero-order valence-electron chi connectivity index (χ0n) is 9.27. The minimum atomic E-state index is -0.365. The SMILES string of the molecule is CCc1nc(N)cc(SC(C)C(C)O)n1. The predicted molar refractivity (Wildman–Crippen MR) is 62.8 cm³/mol. The Bertz CT molecular complexity index is 330. The van der Waals surface area contributed by atoms with Crippen molar-refractivity contribution in [2.75, 3.05) is 5.73 Å². The van der Waals surface area contributed by atoms with Crippen molar-refractivity contribution in [2.24, 2.45) is 0 Å². The molecule has 0 amide bonds. The Morgan fingerprint density at radius 3 is 2.67 bits per heavy atom. The van der Waals surface area contributed by atoms with Crippen molar-refractivity contribution in [3.8, 4) is 0 Å². The molecule has 1 rings (SSSR count). The van der Waals surface area contributed by atoms with Gasteiger partial charge in [-0.1, -0.05) is 13.8 Å². The summed E-state index contributed by atoms with van der Waals surface area (Å²) in [6, 6.07) is 1.74. The van der Waals surface area contributed by atoms with E-state index >= 15 is 0 Å². The number of hydrogen-bond acceptors (Lipinski definition) is 5. The number of aryl methyl sites for hydroxylation is 1. The molecule has 1 aromatic heterocycles. The average molecular weight is 227 g/mol. The normalized spacial score (nSPS) is 14.9. The van der Waals surface area contributed by atoms with E-state index in [9.17, 15) is 5.11 Å². The van der Waals surface area contributed by atoms with E-state index in [0.717, 1.165) is 17.3 Å². The molecule has 0 aromatic carbocycles. The first kappa shape index (κ1) is 12.3. The Morgan fingerprint density at radius 1 is 1.47 bits per heavy atom. The third kappa shape index (κ3) is 3.68. The second kappa shape index (κ2) is 5.32. The number of aliphatic hydroxyl groups excluding tert-OH is 1. The number of nitrogens with two attached hydrogens (primary N) is 1. The largest absolute Gasteiger partial charge is 0.392 e. The van der Waals surface area contributed by atoms with Gasteiger partial charge in [0, 0.05) is 17.7 Å². The monoisotopic (exact) mass is 227 g/mol. The van der Waals surface area contributed by atoms with Gasteiger partial charge >= 0.3 is 0 Å². The molecular weight excluding hydrogens is 210 g/mol. The highest BCUT2D eigenvalue weighted by molar-refractivity contribution is 7.99. The number of hydrogen-bond donors (Lipinski definition) is 2. The Balaban J connectivity index is 2.80. The second-order valence-electron chi connectivity index (χ2n) is 3.46.